The summed E-state index contributed by atoms with van der Waals surface area (Å²) in [7, 11) is 3.15. The van der Waals surface area contributed by atoms with Gasteiger partial charge >= 0.3 is 0 Å². The smallest absolute Gasteiger partial charge is 0.237 e. The normalized spacial score (nSPS) is 18.2. The van der Waals surface area contributed by atoms with E-state index in [-0.39, 0.29) is 11.9 Å². The molecule has 11 nitrogen and oxygen atoms in total. The van der Waals surface area contributed by atoms with E-state index in [0.717, 1.165) is 42.8 Å². The Balaban J connectivity index is 1.21. The number of ether oxygens (including phenoxy) is 2. The Labute approximate surface area is 314 Å². The summed E-state index contributed by atoms with van der Waals surface area (Å²) in [4.78, 5) is 36.6. The zero-order valence-electron chi connectivity index (χ0n) is 29.5. The molecule has 2 N–H and O–H groups in total. The van der Waals surface area contributed by atoms with Gasteiger partial charge in [-0.2, -0.15) is 0 Å². The average Bonchev–Trinajstić information content (AvgIpc) is 3.82. The SMILES string of the molecule is C=N/C(CNC[C@@H]1CCC(=O)N1)=C(\N=C(C)c1cccc(-c2cccc(-c3cnc(CN4CCC(c5ccncc5)C4)c(OC)n3)c2Cl)c1Cl)OC. The Bertz CT molecular complexity index is 1990. The lowest BCUT2D eigenvalue weighted by Gasteiger charge is -2.18. The van der Waals surface area contributed by atoms with Gasteiger partial charge in [-0.3, -0.25) is 24.7 Å². The number of likely N-dealkylation sites (tertiary alicyclic amines) is 1. The lowest BCUT2D eigenvalue weighted by Crippen LogP contribution is -2.36. The lowest BCUT2D eigenvalue weighted by atomic mass is 9.98. The fourth-order valence-corrected chi connectivity index (χ4v) is 7.38. The summed E-state index contributed by atoms with van der Waals surface area (Å²) in [5, 5.41) is 7.23. The van der Waals surface area contributed by atoms with Gasteiger partial charge in [0.2, 0.25) is 17.7 Å². The molecular weight excluding hydrogens is 699 g/mol. The molecule has 0 bridgehead atoms. The average molecular weight is 742 g/mol. The Morgan fingerprint density at radius 1 is 1.06 bits per heavy atom. The maximum absolute atomic E-state index is 11.5. The van der Waals surface area contributed by atoms with Crippen molar-refractivity contribution in [3.05, 3.63) is 106 Å². The van der Waals surface area contributed by atoms with Gasteiger partial charge < -0.3 is 20.1 Å². The number of carbonyl (C=O) groups excluding carboxylic acids is 1. The van der Waals surface area contributed by atoms with Gasteiger partial charge in [0.25, 0.3) is 0 Å². The monoisotopic (exact) mass is 740 g/mol. The Morgan fingerprint density at radius 2 is 1.81 bits per heavy atom. The van der Waals surface area contributed by atoms with E-state index < -0.39 is 0 Å². The third-order valence-electron chi connectivity index (χ3n) is 9.45. The van der Waals surface area contributed by atoms with Crippen LogP contribution < -0.4 is 15.4 Å². The third kappa shape index (κ3) is 8.50. The van der Waals surface area contributed by atoms with Crippen molar-refractivity contribution in [2.24, 2.45) is 9.98 Å². The number of halogens is 2. The van der Waals surface area contributed by atoms with Crippen LogP contribution in [-0.4, -0.2) is 84.6 Å². The number of aliphatic imine (C=N–C) groups is 2. The maximum Gasteiger partial charge on any atom is 0.237 e. The molecule has 1 amide bonds. The maximum atomic E-state index is 11.5. The highest BCUT2D eigenvalue weighted by molar-refractivity contribution is 6.39. The number of pyridine rings is 1. The fraction of sp³-hybridized carbons (Fsp3) is 0.333. The number of carbonyl (C=O) groups is 1. The molecule has 0 aliphatic carbocycles. The van der Waals surface area contributed by atoms with Crippen LogP contribution in [0, 0.1) is 0 Å². The van der Waals surface area contributed by atoms with Crippen LogP contribution in [0.5, 0.6) is 5.88 Å². The number of nitrogens with one attached hydrogen (secondary N) is 2. The molecule has 0 saturated carbocycles. The summed E-state index contributed by atoms with van der Waals surface area (Å²) >= 11 is 14.2. The first-order valence-corrected chi connectivity index (χ1v) is 17.9. The quantitative estimate of drug-likeness (QED) is 0.108. The van der Waals surface area contributed by atoms with E-state index in [4.69, 9.17) is 47.6 Å². The minimum absolute atomic E-state index is 0.0709. The summed E-state index contributed by atoms with van der Waals surface area (Å²) in [5.74, 6) is 1.31. The lowest BCUT2D eigenvalue weighted by molar-refractivity contribution is -0.119. The molecule has 2 aromatic heterocycles. The summed E-state index contributed by atoms with van der Waals surface area (Å²) in [5.41, 5.74) is 6.72. The number of aromatic nitrogens is 3. The number of hydrogen-bond donors (Lipinski definition) is 2. The van der Waals surface area contributed by atoms with E-state index in [0.29, 0.717) is 82.0 Å². The van der Waals surface area contributed by atoms with Crippen molar-refractivity contribution in [2.45, 2.75) is 44.7 Å². The molecule has 2 aliphatic heterocycles. The summed E-state index contributed by atoms with van der Waals surface area (Å²) in [6.07, 6.45) is 7.86. The summed E-state index contributed by atoms with van der Waals surface area (Å²) < 4.78 is 11.3. The van der Waals surface area contributed by atoms with Crippen LogP contribution in [0.4, 0.5) is 0 Å². The van der Waals surface area contributed by atoms with E-state index in [9.17, 15) is 4.79 Å². The molecule has 2 atom stereocenters. The van der Waals surface area contributed by atoms with Crippen molar-refractivity contribution in [2.75, 3.05) is 40.4 Å². The second kappa shape index (κ2) is 17.2. The molecule has 2 fully saturated rings. The van der Waals surface area contributed by atoms with E-state index in [1.54, 1.807) is 13.3 Å². The van der Waals surface area contributed by atoms with Gasteiger partial charge in [0.1, 0.15) is 11.4 Å². The molecule has 52 heavy (non-hydrogen) atoms. The second-order valence-corrected chi connectivity index (χ2v) is 13.5. The van der Waals surface area contributed by atoms with Crippen LogP contribution in [-0.2, 0) is 16.1 Å². The van der Waals surface area contributed by atoms with Crippen LogP contribution in [0.1, 0.15) is 48.9 Å². The molecule has 2 saturated heterocycles. The number of nitrogens with zero attached hydrogens (tertiary/aromatic N) is 6. The van der Waals surface area contributed by atoms with Crippen LogP contribution >= 0.6 is 23.2 Å². The minimum Gasteiger partial charge on any atom is -0.480 e. The van der Waals surface area contributed by atoms with Crippen molar-refractivity contribution >= 4 is 41.5 Å². The topological polar surface area (TPSA) is 126 Å². The Hall–Kier alpha value is -4.68. The molecular formula is C39H42Cl2N8O3. The van der Waals surface area contributed by atoms with E-state index >= 15 is 0 Å². The zero-order valence-corrected chi connectivity index (χ0v) is 31.0. The van der Waals surface area contributed by atoms with Gasteiger partial charge in [-0.25, -0.2) is 9.98 Å². The van der Waals surface area contributed by atoms with Crippen molar-refractivity contribution < 1.29 is 14.3 Å². The van der Waals surface area contributed by atoms with Crippen molar-refractivity contribution in [1.82, 2.24) is 30.5 Å². The van der Waals surface area contributed by atoms with E-state index in [1.165, 1.54) is 12.7 Å². The predicted molar refractivity (Wildman–Crippen MR) is 206 cm³/mol. The first-order valence-electron chi connectivity index (χ1n) is 17.2. The largest absolute Gasteiger partial charge is 0.480 e. The number of amides is 1. The van der Waals surface area contributed by atoms with Gasteiger partial charge in [0.05, 0.1) is 41.9 Å². The number of methoxy groups -OCH3 is 2. The molecule has 270 valence electrons. The molecule has 4 aromatic rings. The van der Waals surface area contributed by atoms with Gasteiger partial charge in [-0.15, -0.1) is 0 Å². The van der Waals surface area contributed by atoms with Crippen molar-refractivity contribution in [1.29, 1.82) is 0 Å². The van der Waals surface area contributed by atoms with Crippen LogP contribution in [0.2, 0.25) is 10.0 Å². The van der Waals surface area contributed by atoms with Gasteiger partial charge in [0, 0.05) is 73.3 Å². The molecule has 4 heterocycles. The summed E-state index contributed by atoms with van der Waals surface area (Å²) in [6.45, 7) is 9.07. The fourth-order valence-electron chi connectivity index (χ4n) is 6.69. The molecule has 6 rings (SSSR count). The summed E-state index contributed by atoms with van der Waals surface area (Å²) in [6, 6.07) is 15.7. The predicted octanol–water partition coefficient (Wildman–Crippen LogP) is 6.70. The number of rotatable bonds is 14. The van der Waals surface area contributed by atoms with Crippen molar-refractivity contribution in [3.8, 4) is 28.3 Å². The highest BCUT2D eigenvalue weighted by Crippen LogP contribution is 2.40. The Kier molecular flexibility index (Phi) is 12.3. The van der Waals surface area contributed by atoms with Gasteiger partial charge in [-0.05, 0) is 56.6 Å². The highest BCUT2D eigenvalue weighted by Gasteiger charge is 2.26. The van der Waals surface area contributed by atoms with E-state index in [2.05, 4.69) is 44.4 Å². The highest BCUT2D eigenvalue weighted by atomic mass is 35.5. The Morgan fingerprint density at radius 3 is 2.52 bits per heavy atom. The van der Waals surface area contributed by atoms with Crippen LogP contribution in [0.3, 0.4) is 0 Å². The second-order valence-electron chi connectivity index (χ2n) is 12.8. The van der Waals surface area contributed by atoms with Crippen molar-refractivity contribution in [3.63, 3.8) is 0 Å². The minimum atomic E-state index is 0.0709. The first-order chi connectivity index (χ1) is 25.3. The molecule has 1 unspecified atom stereocenters. The molecule has 13 heteroatoms. The van der Waals surface area contributed by atoms with Gasteiger partial charge in [0.15, 0.2) is 0 Å². The number of benzene rings is 2. The molecule has 0 spiro atoms. The van der Waals surface area contributed by atoms with Crippen LogP contribution in [0.15, 0.2) is 88.7 Å². The van der Waals surface area contributed by atoms with Gasteiger partial charge in [-0.1, -0.05) is 59.6 Å². The van der Waals surface area contributed by atoms with Crippen LogP contribution in [0.25, 0.3) is 22.4 Å². The zero-order chi connectivity index (χ0) is 36.6. The molecule has 2 aromatic carbocycles. The third-order valence-corrected chi connectivity index (χ3v) is 10.3. The standard InChI is InChI=1S/C39H42Cl2N8O3/c1-24(46-38(51-3)33(42-2)20-44-19-27-11-12-35(50)47-27)28-7-5-8-29(36(28)40)30-9-6-10-31(37(30)41)32-21-45-34(39(48-32)52-4)23-49-18-15-26(22-49)25-13-16-43-17-14-25/h5-10,13-14,16-17,21,26-27,44H,2,11-12,15,18-20,22-23H2,1,3-4H3,(H,47,50)/b38-33+,46-24?/t26?,27-/m0/s1. The first kappa shape index (κ1) is 37.1. The number of hydrogen-bond acceptors (Lipinski definition) is 10. The molecule has 0 radical (unpaired) electrons. The van der Waals surface area contributed by atoms with E-state index in [1.807, 2.05) is 55.7 Å². The molecule has 2 aliphatic rings.